The maximum atomic E-state index is 13.8. The molecule has 0 bridgehead atoms. The quantitative estimate of drug-likeness (QED) is 0.455. The summed E-state index contributed by atoms with van der Waals surface area (Å²) in [7, 11) is 0. The lowest BCUT2D eigenvalue weighted by Gasteiger charge is -2.37. The molecule has 2 heteroatoms. The van der Waals surface area contributed by atoms with Crippen molar-refractivity contribution in [1.29, 1.82) is 0 Å². The van der Waals surface area contributed by atoms with Gasteiger partial charge in [-0.2, -0.15) is 0 Å². The van der Waals surface area contributed by atoms with Crippen molar-refractivity contribution in [2.75, 3.05) is 0 Å². The molecule has 4 rings (SSSR count). The number of Topliss-reactive ketones (excluding diaryl/α,β-unsaturated/α-hetero) is 2. The molecule has 0 aromatic heterocycles. The first-order valence-electron chi connectivity index (χ1n) is 9.34. The van der Waals surface area contributed by atoms with E-state index in [-0.39, 0.29) is 5.92 Å². The molecule has 0 saturated carbocycles. The van der Waals surface area contributed by atoms with Gasteiger partial charge in [-0.05, 0) is 11.1 Å². The predicted molar refractivity (Wildman–Crippen MR) is 111 cm³/mol. The van der Waals surface area contributed by atoms with Gasteiger partial charge in [0.25, 0.3) is 0 Å². The van der Waals surface area contributed by atoms with Crippen molar-refractivity contribution in [1.82, 2.24) is 0 Å². The van der Waals surface area contributed by atoms with Crippen LogP contribution < -0.4 is 0 Å². The fraction of sp³-hybridized carbons (Fsp3) is 0.0769. The highest BCUT2D eigenvalue weighted by molar-refractivity contribution is 6.47. The zero-order chi connectivity index (χ0) is 19.4. The molecule has 1 aliphatic rings. The van der Waals surface area contributed by atoms with E-state index in [1.807, 2.05) is 91.0 Å². The van der Waals surface area contributed by atoms with E-state index < -0.39 is 17.0 Å². The summed E-state index contributed by atoms with van der Waals surface area (Å²) in [6.07, 6.45) is 7.70. The van der Waals surface area contributed by atoms with Crippen molar-refractivity contribution in [2.24, 2.45) is 0 Å². The summed E-state index contributed by atoms with van der Waals surface area (Å²) in [5.74, 6) is -1.15. The van der Waals surface area contributed by atoms with Crippen LogP contribution in [0, 0.1) is 0 Å². The summed E-state index contributed by atoms with van der Waals surface area (Å²) in [4.78, 5) is 27.0. The predicted octanol–water partition coefficient (Wildman–Crippen LogP) is 5.29. The molecule has 0 saturated heterocycles. The first-order valence-corrected chi connectivity index (χ1v) is 9.34. The van der Waals surface area contributed by atoms with Crippen molar-refractivity contribution < 1.29 is 9.59 Å². The van der Waals surface area contributed by atoms with E-state index in [1.54, 1.807) is 24.3 Å². The molecular weight excluding hydrogens is 344 g/mol. The zero-order valence-electron chi connectivity index (χ0n) is 15.4. The average molecular weight is 364 g/mol. The van der Waals surface area contributed by atoms with Crippen molar-refractivity contribution in [3.8, 4) is 0 Å². The number of hydrogen-bond donors (Lipinski definition) is 0. The Hall–Kier alpha value is -3.52. The largest absolute Gasteiger partial charge is 0.289 e. The highest BCUT2D eigenvalue weighted by Gasteiger charge is 2.48. The topological polar surface area (TPSA) is 34.1 Å². The molecule has 0 amide bonds. The van der Waals surface area contributed by atoms with Crippen LogP contribution in [-0.4, -0.2) is 11.6 Å². The summed E-state index contributed by atoms with van der Waals surface area (Å²) in [6, 6.07) is 28.2. The Balaban J connectivity index is 1.90. The monoisotopic (exact) mass is 364 g/mol. The van der Waals surface area contributed by atoms with Gasteiger partial charge in [-0.25, -0.2) is 0 Å². The van der Waals surface area contributed by atoms with Gasteiger partial charge >= 0.3 is 0 Å². The van der Waals surface area contributed by atoms with Crippen LogP contribution in [0.1, 0.15) is 27.4 Å². The van der Waals surface area contributed by atoms with E-state index in [9.17, 15) is 9.59 Å². The third-order valence-electron chi connectivity index (χ3n) is 5.29. The van der Waals surface area contributed by atoms with E-state index in [4.69, 9.17) is 0 Å². The second-order valence-electron chi connectivity index (χ2n) is 6.89. The Kier molecular flexibility index (Phi) is 4.86. The third-order valence-corrected chi connectivity index (χ3v) is 5.29. The highest BCUT2D eigenvalue weighted by Crippen LogP contribution is 2.45. The lowest BCUT2D eigenvalue weighted by Crippen LogP contribution is -2.44. The van der Waals surface area contributed by atoms with Crippen molar-refractivity contribution >= 4 is 11.6 Å². The maximum Gasteiger partial charge on any atom is 0.229 e. The fourth-order valence-electron chi connectivity index (χ4n) is 3.92. The minimum Gasteiger partial charge on any atom is -0.289 e. The van der Waals surface area contributed by atoms with Gasteiger partial charge in [0, 0.05) is 11.5 Å². The van der Waals surface area contributed by atoms with Gasteiger partial charge in [0.1, 0.15) is 0 Å². The van der Waals surface area contributed by atoms with Gasteiger partial charge in [0.05, 0.1) is 5.41 Å². The molecule has 0 fully saturated rings. The van der Waals surface area contributed by atoms with E-state index in [0.29, 0.717) is 5.56 Å². The molecule has 3 aromatic carbocycles. The third kappa shape index (κ3) is 3.03. The van der Waals surface area contributed by atoms with Crippen LogP contribution in [0.5, 0.6) is 0 Å². The van der Waals surface area contributed by atoms with Crippen molar-refractivity contribution in [3.05, 3.63) is 132 Å². The minimum atomic E-state index is -1.08. The molecule has 0 spiro atoms. The standard InChI is InChI=1S/C26H20O2/c27-24(21-14-6-2-7-15-21)25(28)26(22-16-8-3-9-17-22)19-11-10-18-23(26)20-12-4-1-5-13-20/h1-19,23H. The van der Waals surface area contributed by atoms with Crippen molar-refractivity contribution in [2.45, 2.75) is 11.3 Å². The lowest BCUT2D eigenvalue weighted by atomic mass is 9.62. The Bertz CT molecular complexity index is 1030. The Morgan fingerprint density at radius 3 is 1.89 bits per heavy atom. The van der Waals surface area contributed by atoms with E-state index >= 15 is 0 Å². The molecule has 2 atom stereocenters. The number of hydrogen-bond acceptors (Lipinski definition) is 2. The maximum absolute atomic E-state index is 13.8. The summed E-state index contributed by atoms with van der Waals surface area (Å²) >= 11 is 0. The normalized spacial score (nSPS) is 20.6. The number of rotatable bonds is 5. The Morgan fingerprint density at radius 1 is 0.679 bits per heavy atom. The van der Waals surface area contributed by atoms with Crippen molar-refractivity contribution in [3.63, 3.8) is 0 Å². The van der Waals surface area contributed by atoms with Gasteiger partial charge < -0.3 is 0 Å². The minimum absolute atomic E-state index is 0.263. The van der Waals surface area contributed by atoms with E-state index in [2.05, 4.69) is 0 Å². The van der Waals surface area contributed by atoms with Gasteiger partial charge in [-0.3, -0.25) is 9.59 Å². The highest BCUT2D eigenvalue weighted by atomic mass is 16.2. The first kappa shape index (κ1) is 17.9. The van der Waals surface area contributed by atoms with E-state index in [1.165, 1.54) is 0 Å². The SMILES string of the molecule is O=C(C(=O)C1(c2ccccc2)C=CC=CC1c1ccccc1)c1ccccc1. The molecule has 0 radical (unpaired) electrons. The number of ketones is 2. The lowest BCUT2D eigenvalue weighted by molar-refractivity contribution is -0.119. The molecule has 2 nitrogen and oxygen atoms in total. The van der Waals surface area contributed by atoms with Crippen LogP contribution in [0.4, 0.5) is 0 Å². The van der Waals surface area contributed by atoms with Crippen LogP contribution in [0.15, 0.2) is 115 Å². The van der Waals surface area contributed by atoms with Crippen LogP contribution in [0.3, 0.4) is 0 Å². The molecule has 0 N–H and O–H groups in total. The molecule has 28 heavy (non-hydrogen) atoms. The summed E-state index contributed by atoms with van der Waals surface area (Å²) in [5, 5.41) is 0. The molecule has 0 aliphatic heterocycles. The van der Waals surface area contributed by atoms with Crippen LogP contribution in [0.2, 0.25) is 0 Å². The molecular formula is C26H20O2. The van der Waals surface area contributed by atoms with Crippen LogP contribution >= 0.6 is 0 Å². The summed E-state index contributed by atoms with van der Waals surface area (Å²) in [6.45, 7) is 0. The van der Waals surface area contributed by atoms with Gasteiger partial charge in [0.15, 0.2) is 0 Å². The molecule has 2 unspecified atom stereocenters. The van der Waals surface area contributed by atoms with Crippen LogP contribution in [0.25, 0.3) is 0 Å². The number of benzene rings is 3. The second kappa shape index (κ2) is 7.61. The van der Waals surface area contributed by atoms with Gasteiger partial charge in [-0.1, -0.05) is 115 Å². The summed E-state index contributed by atoms with van der Waals surface area (Å²) < 4.78 is 0. The molecule has 136 valence electrons. The first-order chi connectivity index (χ1) is 13.7. The fourth-order valence-corrected chi connectivity index (χ4v) is 3.92. The number of carbonyl (C=O) groups is 2. The summed E-state index contributed by atoms with van der Waals surface area (Å²) in [5.41, 5.74) is 1.15. The van der Waals surface area contributed by atoms with Gasteiger partial charge in [-0.15, -0.1) is 0 Å². The van der Waals surface area contributed by atoms with E-state index in [0.717, 1.165) is 11.1 Å². The smallest absolute Gasteiger partial charge is 0.229 e. The van der Waals surface area contributed by atoms with Gasteiger partial charge in [0.2, 0.25) is 11.6 Å². The van der Waals surface area contributed by atoms with Crippen LogP contribution in [-0.2, 0) is 10.2 Å². The molecule has 0 heterocycles. The Labute approximate surface area is 164 Å². The average Bonchev–Trinajstić information content (AvgIpc) is 2.79. The molecule has 1 aliphatic carbocycles. The number of carbonyl (C=O) groups excluding carboxylic acids is 2. The second-order valence-corrected chi connectivity index (χ2v) is 6.89. The molecule has 3 aromatic rings. The number of allylic oxidation sites excluding steroid dienone is 4. The Morgan fingerprint density at radius 2 is 1.25 bits per heavy atom. The zero-order valence-corrected chi connectivity index (χ0v) is 15.4.